The maximum atomic E-state index is 9.54. The van der Waals surface area contributed by atoms with Crippen LogP contribution in [-0.2, 0) is 6.54 Å². The summed E-state index contributed by atoms with van der Waals surface area (Å²) in [7, 11) is 1.64. The molecule has 0 atom stereocenters. The zero-order valence-electron chi connectivity index (χ0n) is 12.0. The molecule has 3 nitrogen and oxygen atoms in total. The molecular formula is C15H24ClNO2. The van der Waals surface area contributed by atoms with Gasteiger partial charge in [-0.15, -0.1) is 0 Å². The van der Waals surface area contributed by atoms with E-state index in [0.717, 1.165) is 30.7 Å². The first-order valence-electron chi connectivity index (χ1n) is 6.75. The van der Waals surface area contributed by atoms with Crippen LogP contribution < -0.4 is 10.1 Å². The maximum absolute atomic E-state index is 9.54. The van der Waals surface area contributed by atoms with Crippen molar-refractivity contribution in [3.8, 4) is 5.75 Å². The first-order valence-corrected chi connectivity index (χ1v) is 7.13. The van der Waals surface area contributed by atoms with Crippen LogP contribution in [0.2, 0.25) is 5.02 Å². The molecule has 0 amide bonds. The molecule has 0 heterocycles. The average Bonchev–Trinajstić information content (AvgIpc) is 2.45. The summed E-state index contributed by atoms with van der Waals surface area (Å²) >= 11 is 6.19. The van der Waals surface area contributed by atoms with Gasteiger partial charge >= 0.3 is 0 Å². The van der Waals surface area contributed by atoms with E-state index in [0.29, 0.717) is 11.6 Å². The van der Waals surface area contributed by atoms with Gasteiger partial charge in [0.25, 0.3) is 0 Å². The molecule has 0 aliphatic rings. The lowest BCUT2D eigenvalue weighted by molar-refractivity contribution is 0.113. The van der Waals surface area contributed by atoms with Crippen molar-refractivity contribution in [2.75, 3.05) is 20.3 Å². The third-order valence-electron chi connectivity index (χ3n) is 3.93. The highest BCUT2D eigenvalue weighted by Gasteiger charge is 2.24. The van der Waals surface area contributed by atoms with E-state index in [1.807, 2.05) is 18.2 Å². The zero-order chi connectivity index (χ0) is 14.3. The van der Waals surface area contributed by atoms with Crippen molar-refractivity contribution >= 4 is 11.6 Å². The lowest BCUT2D eigenvalue weighted by atomic mass is 9.83. The fraction of sp³-hybridized carbons (Fsp3) is 0.600. The largest absolute Gasteiger partial charge is 0.496 e. The van der Waals surface area contributed by atoms with Crippen LogP contribution in [0.4, 0.5) is 0 Å². The van der Waals surface area contributed by atoms with Gasteiger partial charge in [0.05, 0.1) is 7.11 Å². The van der Waals surface area contributed by atoms with Gasteiger partial charge in [-0.1, -0.05) is 31.5 Å². The van der Waals surface area contributed by atoms with Crippen molar-refractivity contribution in [2.24, 2.45) is 5.41 Å². The van der Waals surface area contributed by atoms with Gasteiger partial charge in [-0.3, -0.25) is 0 Å². The van der Waals surface area contributed by atoms with Gasteiger partial charge in [0.2, 0.25) is 0 Å². The van der Waals surface area contributed by atoms with Gasteiger partial charge in [-0.2, -0.15) is 0 Å². The summed E-state index contributed by atoms with van der Waals surface area (Å²) in [6, 6.07) is 5.64. The minimum Gasteiger partial charge on any atom is -0.496 e. The predicted octanol–water partition coefficient (Wildman–Crippen LogP) is 3.24. The Kier molecular flexibility index (Phi) is 6.63. The van der Waals surface area contributed by atoms with Crippen LogP contribution in [0.25, 0.3) is 0 Å². The van der Waals surface area contributed by atoms with E-state index in [1.54, 1.807) is 7.11 Å². The first-order chi connectivity index (χ1) is 9.12. The first kappa shape index (κ1) is 16.3. The Morgan fingerprint density at radius 1 is 1.32 bits per heavy atom. The smallest absolute Gasteiger partial charge is 0.124 e. The van der Waals surface area contributed by atoms with E-state index in [9.17, 15) is 5.11 Å². The van der Waals surface area contributed by atoms with Crippen LogP contribution in [0.1, 0.15) is 32.3 Å². The molecule has 1 aromatic rings. The highest BCUT2D eigenvalue weighted by Crippen LogP contribution is 2.27. The molecular weight excluding hydrogens is 262 g/mol. The molecule has 0 radical (unpaired) electrons. The van der Waals surface area contributed by atoms with Gasteiger partial charge in [-0.25, -0.2) is 0 Å². The van der Waals surface area contributed by atoms with Crippen molar-refractivity contribution in [2.45, 2.75) is 33.2 Å². The van der Waals surface area contributed by atoms with Gasteiger partial charge < -0.3 is 15.2 Å². The molecule has 0 aromatic heterocycles. The summed E-state index contributed by atoms with van der Waals surface area (Å²) in [5.74, 6) is 0.794. The Hall–Kier alpha value is -0.770. The fourth-order valence-corrected chi connectivity index (χ4v) is 2.37. The third-order valence-corrected chi connectivity index (χ3v) is 4.29. The van der Waals surface area contributed by atoms with Crippen LogP contribution in [0, 0.1) is 5.41 Å². The van der Waals surface area contributed by atoms with Crippen LogP contribution in [-0.4, -0.2) is 25.4 Å². The second-order valence-electron chi connectivity index (χ2n) is 4.89. The zero-order valence-corrected chi connectivity index (χ0v) is 12.8. The average molecular weight is 286 g/mol. The standard InChI is InChI=1S/C15H24ClNO2/c1-4-15(5-2,11-18)10-17-9-12-13(16)7-6-8-14(12)19-3/h6-8,17-18H,4-5,9-11H2,1-3H3. The number of halogens is 1. The molecule has 0 saturated carbocycles. The van der Waals surface area contributed by atoms with Crippen LogP contribution in [0.15, 0.2) is 18.2 Å². The summed E-state index contributed by atoms with van der Waals surface area (Å²) in [6.45, 7) is 5.83. The number of aliphatic hydroxyl groups excluding tert-OH is 1. The van der Waals surface area contributed by atoms with E-state index in [-0.39, 0.29) is 12.0 Å². The Bertz CT molecular complexity index is 383. The molecule has 108 valence electrons. The topological polar surface area (TPSA) is 41.5 Å². The van der Waals surface area contributed by atoms with E-state index in [4.69, 9.17) is 16.3 Å². The Morgan fingerprint density at radius 3 is 2.53 bits per heavy atom. The summed E-state index contributed by atoms with van der Waals surface area (Å²) in [6.07, 6.45) is 1.90. The summed E-state index contributed by atoms with van der Waals surface area (Å²) in [4.78, 5) is 0. The molecule has 4 heteroatoms. The quantitative estimate of drug-likeness (QED) is 0.770. The monoisotopic (exact) mass is 285 g/mol. The van der Waals surface area contributed by atoms with Crippen molar-refractivity contribution in [3.63, 3.8) is 0 Å². The number of aliphatic hydroxyl groups is 1. The maximum Gasteiger partial charge on any atom is 0.124 e. The molecule has 1 aromatic carbocycles. The Morgan fingerprint density at radius 2 is 2.00 bits per heavy atom. The molecule has 0 spiro atoms. The Balaban J connectivity index is 2.67. The predicted molar refractivity (Wildman–Crippen MR) is 79.8 cm³/mol. The number of hydrogen-bond acceptors (Lipinski definition) is 3. The Labute approximate surface area is 120 Å². The molecule has 0 unspecified atom stereocenters. The van der Waals surface area contributed by atoms with E-state index in [2.05, 4.69) is 19.2 Å². The van der Waals surface area contributed by atoms with Crippen molar-refractivity contribution in [1.29, 1.82) is 0 Å². The molecule has 2 N–H and O–H groups in total. The lowest BCUT2D eigenvalue weighted by Crippen LogP contribution is -2.36. The molecule has 1 rings (SSSR count). The fourth-order valence-electron chi connectivity index (χ4n) is 2.13. The van der Waals surface area contributed by atoms with Crippen molar-refractivity contribution in [3.05, 3.63) is 28.8 Å². The normalized spacial score (nSPS) is 11.6. The minimum absolute atomic E-state index is 0.0471. The summed E-state index contributed by atoms with van der Waals surface area (Å²) in [5.41, 5.74) is 0.916. The molecule has 0 saturated heterocycles. The summed E-state index contributed by atoms with van der Waals surface area (Å²) in [5, 5.41) is 13.6. The lowest BCUT2D eigenvalue weighted by Gasteiger charge is -2.29. The van der Waals surface area contributed by atoms with Crippen molar-refractivity contribution in [1.82, 2.24) is 5.32 Å². The number of hydrogen-bond donors (Lipinski definition) is 2. The van der Waals surface area contributed by atoms with E-state index >= 15 is 0 Å². The highest BCUT2D eigenvalue weighted by atomic mass is 35.5. The van der Waals surface area contributed by atoms with Gasteiger partial charge in [-0.05, 0) is 25.0 Å². The minimum atomic E-state index is -0.0471. The van der Waals surface area contributed by atoms with Gasteiger partial charge in [0, 0.05) is 35.7 Å². The highest BCUT2D eigenvalue weighted by molar-refractivity contribution is 6.31. The second-order valence-corrected chi connectivity index (χ2v) is 5.30. The molecule has 19 heavy (non-hydrogen) atoms. The van der Waals surface area contributed by atoms with Gasteiger partial charge in [0.15, 0.2) is 0 Å². The molecule has 0 aliphatic heterocycles. The summed E-state index contributed by atoms with van der Waals surface area (Å²) < 4.78 is 5.31. The number of benzene rings is 1. The second kappa shape index (κ2) is 7.73. The molecule has 0 aliphatic carbocycles. The SMILES string of the molecule is CCC(CC)(CO)CNCc1c(Cl)cccc1OC. The van der Waals surface area contributed by atoms with Gasteiger partial charge in [0.1, 0.15) is 5.75 Å². The third kappa shape index (κ3) is 4.10. The number of methoxy groups -OCH3 is 1. The van der Waals surface area contributed by atoms with Crippen LogP contribution in [0.5, 0.6) is 5.75 Å². The number of rotatable bonds is 8. The molecule has 0 fully saturated rings. The van der Waals surface area contributed by atoms with Crippen molar-refractivity contribution < 1.29 is 9.84 Å². The van der Waals surface area contributed by atoms with Crippen LogP contribution in [0.3, 0.4) is 0 Å². The number of nitrogens with one attached hydrogen (secondary N) is 1. The van der Waals surface area contributed by atoms with Crippen LogP contribution >= 0.6 is 11.6 Å². The number of ether oxygens (including phenoxy) is 1. The van der Waals surface area contributed by atoms with E-state index < -0.39 is 0 Å². The van der Waals surface area contributed by atoms with E-state index in [1.165, 1.54) is 0 Å². The molecule has 0 bridgehead atoms.